The van der Waals surface area contributed by atoms with E-state index in [4.69, 9.17) is 0 Å². The first kappa shape index (κ1) is 10.3. The fraction of sp³-hybridized carbons (Fsp3) is 1.00. The molecule has 1 fully saturated rings. The minimum absolute atomic E-state index is 0.982. The molecular formula is C8H15BrS2. The molecule has 3 heteroatoms. The molecule has 0 N–H and O–H groups in total. The topological polar surface area (TPSA) is 0 Å². The lowest BCUT2D eigenvalue weighted by Gasteiger charge is -2.05. The summed E-state index contributed by atoms with van der Waals surface area (Å²) in [6.07, 6.45) is 7.09. The Morgan fingerprint density at radius 2 is 2.18 bits per heavy atom. The average molecular weight is 255 g/mol. The molecule has 11 heavy (non-hydrogen) atoms. The summed E-state index contributed by atoms with van der Waals surface area (Å²) in [6.45, 7) is 0. The van der Waals surface area contributed by atoms with Crippen molar-refractivity contribution in [2.24, 2.45) is 0 Å². The van der Waals surface area contributed by atoms with Crippen molar-refractivity contribution in [2.75, 3.05) is 11.1 Å². The highest BCUT2D eigenvalue weighted by Gasteiger charge is 2.15. The zero-order chi connectivity index (χ0) is 7.94. The summed E-state index contributed by atoms with van der Waals surface area (Å²) in [7, 11) is 4.16. The van der Waals surface area contributed by atoms with Crippen LogP contribution in [0.3, 0.4) is 0 Å². The van der Waals surface area contributed by atoms with Gasteiger partial charge in [-0.05, 0) is 19.3 Å². The number of halogens is 1. The summed E-state index contributed by atoms with van der Waals surface area (Å²) in [5, 5.41) is 2.16. The number of rotatable bonds is 5. The monoisotopic (exact) mass is 254 g/mol. The van der Waals surface area contributed by atoms with Crippen molar-refractivity contribution in [3.05, 3.63) is 0 Å². The molecule has 0 aromatic heterocycles. The normalized spacial score (nSPS) is 24.3. The van der Waals surface area contributed by atoms with Crippen molar-refractivity contribution in [2.45, 2.75) is 37.4 Å². The average Bonchev–Trinajstić information content (AvgIpc) is 2.50. The van der Waals surface area contributed by atoms with Crippen molar-refractivity contribution in [1.82, 2.24) is 0 Å². The highest BCUT2D eigenvalue weighted by molar-refractivity contribution is 9.09. The van der Waals surface area contributed by atoms with E-state index < -0.39 is 0 Å². The van der Waals surface area contributed by atoms with Gasteiger partial charge in [0.1, 0.15) is 0 Å². The molecule has 1 atom stereocenters. The Balaban J connectivity index is 1.86. The molecule has 0 bridgehead atoms. The Labute approximate surface area is 85.8 Å². The summed E-state index contributed by atoms with van der Waals surface area (Å²) < 4.78 is 0. The van der Waals surface area contributed by atoms with E-state index in [1.165, 1.54) is 43.2 Å². The first-order valence-corrected chi connectivity index (χ1v) is 7.78. The third-order valence-corrected chi connectivity index (χ3v) is 5.45. The molecule has 1 aliphatic rings. The van der Waals surface area contributed by atoms with Crippen LogP contribution in [0.25, 0.3) is 0 Å². The van der Waals surface area contributed by atoms with Crippen molar-refractivity contribution >= 4 is 37.5 Å². The Morgan fingerprint density at radius 3 is 2.82 bits per heavy atom. The lowest BCUT2D eigenvalue weighted by atomic mass is 10.1. The number of hydrogen-bond acceptors (Lipinski definition) is 2. The van der Waals surface area contributed by atoms with Crippen LogP contribution >= 0.6 is 37.5 Å². The fourth-order valence-electron chi connectivity index (χ4n) is 1.21. The number of unbranched alkanes of at least 4 members (excludes halogenated alkanes) is 2. The van der Waals surface area contributed by atoms with Crippen LogP contribution in [0.2, 0.25) is 0 Å². The zero-order valence-electron chi connectivity index (χ0n) is 6.72. The second kappa shape index (κ2) is 6.67. The van der Waals surface area contributed by atoms with Crippen LogP contribution in [0.15, 0.2) is 0 Å². The predicted molar refractivity (Wildman–Crippen MR) is 60.7 cm³/mol. The van der Waals surface area contributed by atoms with E-state index in [-0.39, 0.29) is 0 Å². The smallest absolute Gasteiger partial charge is 0.0159 e. The standard InChI is InChI=1S/C8H15BrS2/c9-6-3-1-2-4-8-5-7-10-11-8/h8H,1-7H2/t8-/m1/s1. The van der Waals surface area contributed by atoms with Crippen molar-refractivity contribution in [3.8, 4) is 0 Å². The van der Waals surface area contributed by atoms with E-state index in [1.54, 1.807) is 0 Å². The maximum Gasteiger partial charge on any atom is 0.0159 e. The van der Waals surface area contributed by atoms with Gasteiger partial charge in [0.2, 0.25) is 0 Å². The minimum Gasteiger partial charge on any atom is -0.0938 e. The summed E-state index contributed by atoms with van der Waals surface area (Å²) in [6, 6.07) is 0. The van der Waals surface area contributed by atoms with Gasteiger partial charge in [0.25, 0.3) is 0 Å². The molecule has 0 saturated carbocycles. The van der Waals surface area contributed by atoms with Gasteiger partial charge in [-0.1, -0.05) is 50.4 Å². The van der Waals surface area contributed by atoms with Crippen LogP contribution in [0, 0.1) is 0 Å². The van der Waals surface area contributed by atoms with Crippen molar-refractivity contribution in [3.63, 3.8) is 0 Å². The Bertz CT molecular complexity index is 92.1. The van der Waals surface area contributed by atoms with Gasteiger partial charge in [0.15, 0.2) is 0 Å². The molecule has 1 saturated heterocycles. The van der Waals surface area contributed by atoms with Crippen LogP contribution in [0.4, 0.5) is 0 Å². The first-order valence-electron chi connectivity index (χ1n) is 4.27. The SMILES string of the molecule is BrCCCCC[C@@H]1CCSS1. The van der Waals surface area contributed by atoms with Gasteiger partial charge >= 0.3 is 0 Å². The van der Waals surface area contributed by atoms with E-state index >= 15 is 0 Å². The second-order valence-corrected chi connectivity index (χ2v) is 6.45. The molecule has 1 heterocycles. The molecule has 0 aromatic rings. The Hall–Kier alpha value is 1.18. The molecular weight excluding hydrogens is 240 g/mol. The maximum atomic E-state index is 3.45. The Kier molecular flexibility index (Phi) is 6.22. The van der Waals surface area contributed by atoms with E-state index in [9.17, 15) is 0 Å². The number of hydrogen-bond donors (Lipinski definition) is 0. The van der Waals surface area contributed by atoms with Crippen LogP contribution in [-0.4, -0.2) is 16.3 Å². The molecule has 0 amide bonds. The quantitative estimate of drug-likeness (QED) is 0.412. The summed E-state index contributed by atoms with van der Waals surface area (Å²) in [5.41, 5.74) is 0. The molecule has 1 rings (SSSR count). The van der Waals surface area contributed by atoms with E-state index in [0.29, 0.717) is 0 Å². The molecule has 0 unspecified atom stereocenters. The maximum absolute atomic E-state index is 3.45. The van der Waals surface area contributed by atoms with Crippen LogP contribution in [0.1, 0.15) is 32.1 Å². The van der Waals surface area contributed by atoms with E-state index in [2.05, 4.69) is 37.5 Å². The molecule has 66 valence electrons. The molecule has 0 aromatic carbocycles. The van der Waals surface area contributed by atoms with Crippen molar-refractivity contribution < 1.29 is 0 Å². The van der Waals surface area contributed by atoms with Gasteiger partial charge in [-0.15, -0.1) is 0 Å². The van der Waals surface area contributed by atoms with Gasteiger partial charge in [-0.3, -0.25) is 0 Å². The second-order valence-electron chi connectivity index (χ2n) is 2.87. The van der Waals surface area contributed by atoms with Crippen LogP contribution < -0.4 is 0 Å². The molecule has 1 aliphatic heterocycles. The van der Waals surface area contributed by atoms with Crippen LogP contribution in [-0.2, 0) is 0 Å². The first-order chi connectivity index (χ1) is 5.43. The molecule has 0 nitrogen and oxygen atoms in total. The summed E-state index contributed by atoms with van der Waals surface area (Å²) >= 11 is 3.45. The van der Waals surface area contributed by atoms with Crippen LogP contribution in [0.5, 0.6) is 0 Å². The third-order valence-electron chi connectivity index (χ3n) is 1.89. The van der Waals surface area contributed by atoms with Crippen molar-refractivity contribution in [1.29, 1.82) is 0 Å². The Morgan fingerprint density at radius 1 is 1.27 bits per heavy atom. The van der Waals surface area contributed by atoms with Gasteiger partial charge in [0.05, 0.1) is 0 Å². The zero-order valence-corrected chi connectivity index (χ0v) is 9.94. The predicted octanol–water partition coefficient (Wildman–Crippen LogP) is 4.10. The van der Waals surface area contributed by atoms with Gasteiger partial charge in [-0.25, -0.2) is 0 Å². The van der Waals surface area contributed by atoms with E-state index in [0.717, 1.165) is 5.25 Å². The number of alkyl halides is 1. The molecule has 0 radical (unpaired) electrons. The summed E-state index contributed by atoms with van der Waals surface area (Å²) in [4.78, 5) is 0. The molecule has 0 aliphatic carbocycles. The van der Waals surface area contributed by atoms with Gasteiger partial charge in [-0.2, -0.15) is 0 Å². The van der Waals surface area contributed by atoms with Gasteiger partial charge < -0.3 is 0 Å². The summed E-state index contributed by atoms with van der Waals surface area (Å²) in [5.74, 6) is 1.38. The highest BCUT2D eigenvalue weighted by atomic mass is 79.9. The molecule has 0 spiro atoms. The van der Waals surface area contributed by atoms with Gasteiger partial charge in [0, 0.05) is 16.3 Å². The van der Waals surface area contributed by atoms with E-state index in [1.807, 2.05) is 0 Å². The third kappa shape index (κ3) is 4.69. The highest BCUT2D eigenvalue weighted by Crippen LogP contribution is 2.39. The lowest BCUT2D eigenvalue weighted by molar-refractivity contribution is 0.645. The lowest BCUT2D eigenvalue weighted by Crippen LogP contribution is -1.96. The fourth-order valence-corrected chi connectivity index (χ4v) is 4.63. The largest absolute Gasteiger partial charge is 0.0938 e. The minimum atomic E-state index is 0.982.